The number of rotatable bonds is 7. The lowest BCUT2D eigenvalue weighted by molar-refractivity contribution is -0.114. The van der Waals surface area contributed by atoms with Crippen LogP contribution < -0.4 is 16.0 Å². The number of aromatic nitrogens is 1. The average molecular weight is 525 g/mol. The van der Waals surface area contributed by atoms with Crippen LogP contribution in [0, 0.1) is 13.8 Å². The van der Waals surface area contributed by atoms with Crippen LogP contribution in [0.15, 0.2) is 42.5 Å². The van der Waals surface area contributed by atoms with Gasteiger partial charge < -0.3 is 20.9 Å². The van der Waals surface area contributed by atoms with Crippen molar-refractivity contribution in [1.82, 2.24) is 10.3 Å². The van der Waals surface area contributed by atoms with Crippen LogP contribution in [0.5, 0.6) is 0 Å². The summed E-state index contributed by atoms with van der Waals surface area (Å²) in [5, 5.41) is 9.30. The molecule has 0 fully saturated rings. The largest absolute Gasteiger partial charge is 0.357 e. The van der Waals surface area contributed by atoms with Crippen molar-refractivity contribution in [3.05, 3.63) is 81.1 Å². The number of halogens is 2. The zero-order valence-corrected chi connectivity index (χ0v) is 21.6. The summed E-state index contributed by atoms with van der Waals surface area (Å²) >= 11 is 11.6. The van der Waals surface area contributed by atoms with E-state index in [2.05, 4.69) is 20.9 Å². The zero-order chi connectivity index (χ0) is 26.0. The molecule has 0 aliphatic carbocycles. The quantitative estimate of drug-likeness (QED) is 0.248. The molecule has 3 aromatic rings. The lowest BCUT2D eigenvalue weighted by atomic mass is 10.0. The fraction of sp³-hybridized carbons (Fsp3) is 0.222. The molecule has 1 aliphatic rings. The number of carbonyl (C=O) groups is 3. The first-order valence-electron chi connectivity index (χ1n) is 11.4. The van der Waals surface area contributed by atoms with Crippen molar-refractivity contribution in [2.75, 3.05) is 16.5 Å². The summed E-state index contributed by atoms with van der Waals surface area (Å²) < 4.78 is 0. The smallest absolute Gasteiger partial charge is 0.256 e. The second-order valence-corrected chi connectivity index (χ2v) is 9.53. The molecule has 36 heavy (non-hydrogen) atoms. The molecule has 186 valence electrons. The van der Waals surface area contributed by atoms with E-state index in [0.717, 1.165) is 16.8 Å². The Bertz CT molecular complexity index is 1380. The van der Waals surface area contributed by atoms with Gasteiger partial charge in [0.1, 0.15) is 5.88 Å². The Labute approximate surface area is 219 Å². The molecule has 3 amide bonds. The SMILES string of the molecule is Cc1[nH]c(C=C2C(=O)Nc3ccc(C(=O)NC(C)Cc4ccc(Cl)cc4)cc32)c(C)c1NC(=O)CCl. The number of aromatic amines is 1. The van der Waals surface area contributed by atoms with E-state index in [1.807, 2.05) is 45.0 Å². The average Bonchev–Trinajstić information content (AvgIpc) is 3.30. The van der Waals surface area contributed by atoms with Gasteiger partial charge in [-0.3, -0.25) is 14.4 Å². The number of anilines is 2. The van der Waals surface area contributed by atoms with Crippen LogP contribution in [0.2, 0.25) is 5.02 Å². The van der Waals surface area contributed by atoms with Gasteiger partial charge >= 0.3 is 0 Å². The van der Waals surface area contributed by atoms with Crippen LogP contribution >= 0.6 is 23.2 Å². The van der Waals surface area contributed by atoms with Crippen molar-refractivity contribution in [1.29, 1.82) is 0 Å². The van der Waals surface area contributed by atoms with Gasteiger partial charge in [-0.2, -0.15) is 0 Å². The number of H-pyrrole nitrogens is 1. The molecule has 1 aliphatic heterocycles. The van der Waals surface area contributed by atoms with Crippen molar-refractivity contribution in [3.8, 4) is 0 Å². The lowest BCUT2D eigenvalue weighted by Crippen LogP contribution is -2.34. The summed E-state index contributed by atoms with van der Waals surface area (Å²) in [7, 11) is 0. The third-order valence-corrected chi connectivity index (χ3v) is 6.54. The van der Waals surface area contributed by atoms with E-state index in [9.17, 15) is 14.4 Å². The van der Waals surface area contributed by atoms with Gasteiger partial charge in [-0.1, -0.05) is 23.7 Å². The van der Waals surface area contributed by atoms with Crippen molar-refractivity contribution in [2.45, 2.75) is 33.2 Å². The first-order chi connectivity index (χ1) is 17.2. The van der Waals surface area contributed by atoms with Crippen LogP contribution in [-0.4, -0.2) is 34.6 Å². The molecule has 0 saturated carbocycles. The third kappa shape index (κ3) is 5.48. The molecule has 0 radical (unpaired) electrons. The molecule has 4 N–H and O–H groups in total. The molecular weight excluding hydrogens is 499 g/mol. The molecule has 1 aromatic heterocycles. The van der Waals surface area contributed by atoms with E-state index in [-0.39, 0.29) is 29.6 Å². The Morgan fingerprint density at radius 3 is 2.53 bits per heavy atom. The standard InChI is InChI=1S/C27H26Cl2N4O3/c1-14(10-17-4-7-19(29)8-5-17)30-26(35)18-6-9-22-20(11-18)21(27(36)32-22)12-23-15(2)25(16(3)31-23)33-24(34)13-28/h4-9,11-12,14,31H,10,13H2,1-3H3,(H,30,35)(H,32,36)(H,33,34). The number of benzene rings is 2. The van der Waals surface area contributed by atoms with Crippen LogP contribution in [-0.2, 0) is 16.0 Å². The van der Waals surface area contributed by atoms with Crippen LogP contribution in [0.1, 0.15) is 45.4 Å². The number of amides is 3. The molecular formula is C27H26Cl2N4O3. The summed E-state index contributed by atoms with van der Waals surface area (Å²) in [4.78, 5) is 40.7. The Kier molecular flexibility index (Phi) is 7.52. The number of aryl methyl sites for hydroxylation is 1. The Hall–Kier alpha value is -3.55. The molecule has 7 nitrogen and oxygen atoms in total. The minimum atomic E-state index is -0.314. The van der Waals surface area contributed by atoms with Gasteiger partial charge in [0.15, 0.2) is 0 Å². The normalized spacial score (nSPS) is 14.4. The van der Waals surface area contributed by atoms with Crippen LogP contribution in [0.25, 0.3) is 11.6 Å². The highest BCUT2D eigenvalue weighted by atomic mass is 35.5. The Morgan fingerprint density at radius 2 is 1.83 bits per heavy atom. The molecule has 2 heterocycles. The number of fused-ring (bicyclic) bond motifs is 1. The molecule has 9 heteroatoms. The molecule has 0 bridgehead atoms. The Balaban J connectivity index is 1.56. The van der Waals surface area contributed by atoms with E-state index >= 15 is 0 Å². The predicted octanol–water partition coefficient (Wildman–Crippen LogP) is 5.32. The lowest BCUT2D eigenvalue weighted by Gasteiger charge is -2.14. The number of alkyl halides is 1. The van der Waals surface area contributed by atoms with Crippen molar-refractivity contribution in [2.24, 2.45) is 0 Å². The van der Waals surface area contributed by atoms with E-state index < -0.39 is 0 Å². The zero-order valence-electron chi connectivity index (χ0n) is 20.1. The van der Waals surface area contributed by atoms with E-state index in [4.69, 9.17) is 23.2 Å². The van der Waals surface area contributed by atoms with Gasteiger partial charge in [-0.25, -0.2) is 0 Å². The first kappa shape index (κ1) is 25.5. The molecule has 0 spiro atoms. The maximum atomic E-state index is 13.0. The van der Waals surface area contributed by atoms with E-state index in [0.29, 0.717) is 45.2 Å². The highest BCUT2D eigenvalue weighted by molar-refractivity contribution is 6.35. The van der Waals surface area contributed by atoms with Crippen LogP contribution in [0.4, 0.5) is 11.4 Å². The Morgan fingerprint density at radius 1 is 1.11 bits per heavy atom. The topological polar surface area (TPSA) is 103 Å². The van der Waals surface area contributed by atoms with Gasteiger partial charge in [0.25, 0.3) is 11.8 Å². The number of hydrogen-bond donors (Lipinski definition) is 4. The second-order valence-electron chi connectivity index (χ2n) is 8.82. The number of nitrogens with one attached hydrogen (secondary N) is 4. The maximum Gasteiger partial charge on any atom is 0.256 e. The monoisotopic (exact) mass is 524 g/mol. The summed E-state index contributed by atoms with van der Waals surface area (Å²) in [5.74, 6) is -0.960. The van der Waals surface area contributed by atoms with Gasteiger partial charge in [-0.05, 0) is 74.7 Å². The molecule has 0 saturated heterocycles. The van der Waals surface area contributed by atoms with Gasteiger partial charge in [0.05, 0.1) is 11.3 Å². The summed E-state index contributed by atoms with van der Waals surface area (Å²) in [6.45, 7) is 5.61. The van der Waals surface area contributed by atoms with Crippen LogP contribution in [0.3, 0.4) is 0 Å². The van der Waals surface area contributed by atoms with Crippen molar-refractivity contribution >= 4 is 63.9 Å². The fourth-order valence-corrected chi connectivity index (χ4v) is 4.42. The molecule has 1 atom stereocenters. The second kappa shape index (κ2) is 10.6. The highest BCUT2D eigenvalue weighted by Crippen LogP contribution is 2.35. The van der Waals surface area contributed by atoms with Gasteiger partial charge in [0, 0.05) is 39.3 Å². The maximum absolute atomic E-state index is 13.0. The molecule has 1 unspecified atom stereocenters. The van der Waals surface area contributed by atoms with E-state index in [1.165, 1.54) is 0 Å². The van der Waals surface area contributed by atoms with E-state index in [1.54, 1.807) is 24.3 Å². The van der Waals surface area contributed by atoms with Gasteiger partial charge in [0.2, 0.25) is 5.91 Å². The molecule has 2 aromatic carbocycles. The third-order valence-electron chi connectivity index (χ3n) is 6.05. The first-order valence-corrected chi connectivity index (χ1v) is 12.3. The minimum absolute atomic E-state index is 0.104. The minimum Gasteiger partial charge on any atom is -0.357 e. The number of carbonyl (C=O) groups excluding carboxylic acids is 3. The highest BCUT2D eigenvalue weighted by Gasteiger charge is 2.26. The number of hydrogen-bond acceptors (Lipinski definition) is 3. The van der Waals surface area contributed by atoms with Crippen molar-refractivity contribution < 1.29 is 14.4 Å². The van der Waals surface area contributed by atoms with Crippen molar-refractivity contribution in [3.63, 3.8) is 0 Å². The molecule has 4 rings (SSSR count). The summed E-state index contributed by atoms with van der Waals surface area (Å²) in [6, 6.07) is 12.6. The van der Waals surface area contributed by atoms with Gasteiger partial charge in [-0.15, -0.1) is 11.6 Å². The predicted molar refractivity (Wildman–Crippen MR) is 145 cm³/mol. The summed E-state index contributed by atoms with van der Waals surface area (Å²) in [6.07, 6.45) is 2.39. The fourth-order valence-electron chi connectivity index (χ4n) is 4.23. The summed E-state index contributed by atoms with van der Waals surface area (Å²) in [5.41, 5.74) is 6.06.